The van der Waals surface area contributed by atoms with E-state index in [1.54, 1.807) is 19.9 Å². The van der Waals surface area contributed by atoms with Crippen molar-refractivity contribution in [1.82, 2.24) is 15.3 Å². The van der Waals surface area contributed by atoms with E-state index in [0.29, 0.717) is 36.0 Å². The number of carbonyl (C=O) groups is 1. The highest BCUT2D eigenvalue weighted by Crippen LogP contribution is 2.19. The monoisotopic (exact) mass is 401 g/mol. The number of rotatable bonds is 7. The molecule has 10 nitrogen and oxygen atoms in total. The number of nitrogens with zero attached hydrogens (tertiary/aromatic N) is 4. The van der Waals surface area contributed by atoms with Crippen LogP contribution in [-0.4, -0.2) is 60.3 Å². The summed E-state index contributed by atoms with van der Waals surface area (Å²) in [6.07, 6.45) is 0. The van der Waals surface area contributed by atoms with Crippen LogP contribution in [-0.2, 0) is 4.74 Å². The maximum absolute atomic E-state index is 12.2. The number of nitro benzene ring substituents is 1. The van der Waals surface area contributed by atoms with Gasteiger partial charge in [0, 0.05) is 36.3 Å². The van der Waals surface area contributed by atoms with Gasteiger partial charge in [0.1, 0.15) is 18.2 Å². The second-order valence-corrected chi connectivity index (χ2v) is 6.57. The summed E-state index contributed by atoms with van der Waals surface area (Å²) in [4.78, 5) is 33.4. The summed E-state index contributed by atoms with van der Waals surface area (Å²) in [5.74, 6) is 1.52. The van der Waals surface area contributed by atoms with Crippen LogP contribution in [0, 0.1) is 24.0 Å². The van der Waals surface area contributed by atoms with Crippen LogP contribution < -0.4 is 15.0 Å². The molecule has 0 unspecified atom stereocenters. The van der Waals surface area contributed by atoms with Gasteiger partial charge in [0.15, 0.2) is 0 Å². The molecular formula is C19H23N5O5. The molecule has 1 aromatic carbocycles. The molecule has 1 aliphatic heterocycles. The SMILES string of the molecule is Cc1nc(OCCNC(=O)c2ccc([N+](=O)[O-])c(C)c2)cc(N2CCOCC2)n1. The summed E-state index contributed by atoms with van der Waals surface area (Å²) in [6, 6.07) is 6.04. The molecule has 0 saturated carbocycles. The van der Waals surface area contributed by atoms with E-state index in [1.165, 1.54) is 18.2 Å². The average Bonchev–Trinajstić information content (AvgIpc) is 2.71. The number of nitro groups is 1. The van der Waals surface area contributed by atoms with E-state index in [0.717, 1.165) is 18.9 Å². The van der Waals surface area contributed by atoms with Gasteiger partial charge < -0.3 is 19.7 Å². The Kier molecular flexibility index (Phi) is 6.55. The van der Waals surface area contributed by atoms with Crippen LogP contribution in [0.15, 0.2) is 24.3 Å². The number of carbonyl (C=O) groups excluding carboxylic acids is 1. The lowest BCUT2D eigenvalue weighted by atomic mass is 10.1. The van der Waals surface area contributed by atoms with Gasteiger partial charge in [-0.25, -0.2) is 4.98 Å². The second kappa shape index (κ2) is 9.28. The predicted octanol–water partition coefficient (Wildman–Crippen LogP) is 1.65. The number of morpholine rings is 1. The summed E-state index contributed by atoms with van der Waals surface area (Å²) in [7, 11) is 0. The summed E-state index contributed by atoms with van der Waals surface area (Å²) in [5, 5.41) is 13.6. The highest BCUT2D eigenvalue weighted by Gasteiger charge is 2.15. The van der Waals surface area contributed by atoms with Crippen LogP contribution >= 0.6 is 0 Å². The van der Waals surface area contributed by atoms with Crippen molar-refractivity contribution in [2.75, 3.05) is 44.4 Å². The topological polar surface area (TPSA) is 120 Å². The fraction of sp³-hybridized carbons (Fsp3) is 0.421. The Bertz CT molecular complexity index is 899. The van der Waals surface area contributed by atoms with Crippen molar-refractivity contribution in [2.45, 2.75) is 13.8 Å². The van der Waals surface area contributed by atoms with Gasteiger partial charge in [-0.15, -0.1) is 0 Å². The van der Waals surface area contributed by atoms with Crippen molar-refractivity contribution in [2.24, 2.45) is 0 Å². The molecule has 10 heteroatoms. The summed E-state index contributed by atoms with van der Waals surface area (Å²) < 4.78 is 11.0. The molecule has 154 valence electrons. The van der Waals surface area contributed by atoms with E-state index in [9.17, 15) is 14.9 Å². The summed E-state index contributed by atoms with van der Waals surface area (Å²) >= 11 is 0. The first-order valence-electron chi connectivity index (χ1n) is 9.28. The molecular weight excluding hydrogens is 378 g/mol. The van der Waals surface area contributed by atoms with Crippen LogP contribution in [0.5, 0.6) is 5.88 Å². The van der Waals surface area contributed by atoms with E-state index in [4.69, 9.17) is 9.47 Å². The highest BCUT2D eigenvalue weighted by atomic mass is 16.6. The van der Waals surface area contributed by atoms with Crippen LogP contribution in [0.3, 0.4) is 0 Å². The first-order chi connectivity index (χ1) is 13.9. The number of benzene rings is 1. The number of amides is 1. The van der Waals surface area contributed by atoms with Crippen molar-refractivity contribution < 1.29 is 19.2 Å². The van der Waals surface area contributed by atoms with Crippen LogP contribution in [0.1, 0.15) is 21.7 Å². The third kappa shape index (κ3) is 5.38. The van der Waals surface area contributed by atoms with Crippen LogP contribution in [0.25, 0.3) is 0 Å². The van der Waals surface area contributed by atoms with Crippen molar-refractivity contribution in [3.63, 3.8) is 0 Å². The summed E-state index contributed by atoms with van der Waals surface area (Å²) in [5.41, 5.74) is 0.784. The molecule has 0 bridgehead atoms. The maximum atomic E-state index is 12.2. The van der Waals surface area contributed by atoms with E-state index in [-0.39, 0.29) is 24.7 Å². The Morgan fingerprint density at radius 1 is 1.28 bits per heavy atom. The lowest BCUT2D eigenvalue weighted by Gasteiger charge is -2.28. The zero-order valence-corrected chi connectivity index (χ0v) is 16.4. The zero-order chi connectivity index (χ0) is 20.8. The predicted molar refractivity (Wildman–Crippen MR) is 105 cm³/mol. The second-order valence-electron chi connectivity index (χ2n) is 6.57. The van der Waals surface area contributed by atoms with Crippen molar-refractivity contribution in [3.8, 4) is 5.88 Å². The summed E-state index contributed by atoms with van der Waals surface area (Å²) in [6.45, 7) is 6.75. The van der Waals surface area contributed by atoms with Crippen LogP contribution in [0.2, 0.25) is 0 Å². The lowest BCUT2D eigenvalue weighted by molar-refractivity contribution is -0.385. The van der Waals surface area contributed by atoms with Crippen molar-refractivity contribution in [1.29, 1.82) is 0 Å². The number of hydrogen-bond donors (Lipinski definition) is 1. The largest absolute Gasteiger partial charge is 0.476 e. The molecule has 1 aliphatic rings. The minimum Gasteiger partial charge on any atom is -0.476 e. The quantitative estimate of drug-likeness (QED) is 0.422. The van der Waals surface area contributed by atoms with E-state index < -0.39 is 4.92 Å². The normalized spacial score (nSPS) is 13.8. The third-order valence-corrected chi connectivity index (χ3v) is 4.43. The number of aryl methyl sites for hydroxylation is 2. The Morgan fingerprint density at radius 3 is 2.72 bits per heavy atom. The molecule has 1 aromatic heterocycles. The Morgan fingerprint density at radius 2 is 2.03 bits per heavy atom. The highest BCUT2D eigenvalue weighted by molar-refractivity contribution is 5.94. The van der Waals surface area contributed by atoms with Gasteiger partial charge in [-0.3, -0.25) is 14.9 Å². The molecule has 2 heterocycles. The molecule has 3 rings (SSSR count). The fourth-order valence-corrected chi connectivity index (χ4v) is 2.98. The van der Waals surface area contributed by atoms with Gasteiger partial charge >= 0.3 is 0 Å². The number of hydrogen-bond acceptors (Lipinski definition) is 8. The van der Waals surface area contributed by atoms with Crippen LogP contribution in [0.4, 0.5) is 11.5 Å². The minimum atomic E-state index is -0.472. The van der Waals surface area contributed by atoms with Gasteiger partial charge in [-0.05, 0) is 26.0 Å². The first kappa shape index (κ1) is 20.5. The number of aromatic nitrogens is 2. The molecule has 29 heavy (non-hydrogen) atoms. The molecule has 1 N–H and O–H groups in total. The standard InChI is InChI=1S/C19H23N5O5/c1-13-11-15(3-4-16(13)24(26)27)19(25)20-5-8-29-18-12-17(21-14(2)22-18)23-6-9-28-10-7-23/h3-4,11-12H,5-10H2,1-2H3,(H,20,25). The van der Waals surface area contributed by atoms with Gasteiger partial charge in [0.05, 0.1) is 24.7 Å². The Balaban J connectivity index is 1.52. The fourth-order valence-electron chi connectivity index (χ4n) is 2.98. The van der Waals surface area contributed by atoms with Gasteiger partial charge in [0.25, 0.3) is 11.6 Å². The van der Waals surface area contributed by atoms with E-state index in [2.05, 4.69) is 20.2 Å². The molecule has 0 radical (unpaired) electrons. The van der Waals surface area contributed by atoms with Gasteiger partial charge in [-0.1, -0.05) is 0 Å². The lowest BCUT2D eigenvalue weighted by Crippen LogP contribution is -2.37. The number of ether oxygens (including phenoxy) is 2. The minimum absolute atomic E-state index is 0.0138. The molecule has 2 aromatic rings. The maximum Gasteiger partial charge on any atom is 0.272 e. The van der Waals surface area contributed by atoms with Crippen molar-refractivity contribution in [3.05, 3.63) is 51.3 Å². The zero-order valence-electron chi connectivity index (χ0n) is 16.4. The third-order valence-electron chi connectivity index (χ3n) is 4.43. The average molecular weight is 401 g/mol. The molecule has 1 amide bonds. The van der Waals surface area contributed by atoms with Gasteiger partial charge in [-0.2, -0.15) is 4.98 Å². The molecule has 1 fully saturated rings. The number of nitrogens with one attached hydrogen (secondary N) is 1. The number of anilines is 1. The molecule has 0 atom stereocenters. The van der Waals surface area contributed by atoms with E-state index in [1.807, 2.05) is 0 Å². The smallest absolute Gasteiger partial charge is 0.272 e. The Hall–Kier alpha value is -3.27. The first-order valence-corrected chi connectivity index (χ1v) is 9.28. The van der Waals surface area contributed by atoms with Crippen molar-refractivity contribution >= 4 is 17.4 Å². The molecule has 0 spiro atoms. The van der Waals surface area contributed by atoms with Gasteiger partial charge in [0.2, 0.25) is 5.88 Å². The molecule has 0 aliphatic carbocycles. The Labute approximate surface area is 168 Å². The van der Waals surface area contributed by atoms with E-state index >= 15 is 0 Å². The molecule has 1 saturated heterocycles.